The number of methoxy groups -OCH3 is 2. The molecule has 2 saturated carbocycles. The summed E-state index contributed by atoms with van der Waals surface area (Å²) in [7, 11) is -4.64. The Hall–Kier alpha value is -3.34. The third-order valence-corrected chi connectivity index (χ3v) is 11.3. The van der Waals surface area contributed by atoms with E-state index in [9.17, 15) is 16.8 Å². The first-order chi connectivity index (χ1) is 23.6. The van der Waals surface area contributed by atoms with Crippen LogP contribution in [0.4, 0.5) is 11.4 Å². The van der Waals surface area contributed by atoms with E-state index in [-0.39, 0.29) is 76.5 Å². The minimum atomic E-state index is -3.72. The average molecular weight is 807 g/mol. The van der Waals surface area contributed by atoms with E-state index in [2.05, 4.69) is 9.44 Å². The summed E-state index contributed by atoms with van der Waals surface area (Å²) in [5.41, 5.74) is 12.1. The van der Waals surface area contributed by atoms with Crippen LogP contribution in [-0.4, -0.2) is 43.1 Å². The number of ether oxygens (including phenoxy) is 4. The van der Waals surface area contributed by atoms with Gasteiger partial charge in [0.1, 0.15) is 32.8 Å². The van der Waals surface area contributed by atoms with E-state index in [0.29, 0.717) is 11.4 Å². The molecule has 4 aromatic carbocycles. The SMILES string of the molecule is COc1ccc(Oc2c(Cl)cc(N)cc2Cl)cc1S(=O)(=O)NC1CC1.COc1ccc(Oc2c(Cl)cc(N)cc2Cl)cc1S(=O)(=O)NC1CC1. The lowest BCUT2D eigenvalue weighted by atomic mass is 10.3. The normalized spacial score (nSPS) is 14.4. The number of anilines is 2. The predicted octanol–water partition coefficient (Wildman–Crippen LogP) is 7.63. The second-order valence-corrected chi connectivity index (χ2v) is 16.2. The summed E-state index contributed by atoms with van der Waals surface area (Å²) in [5.74, 6) is 1.34. The summed E-state index contributed by atoms with van der Waals surface area (Å²) in [6.45, 7) is 0. The van der Waals surface area contributed by atoms with E-state index in [0.717, 1.165) is 25.7 Å². The molecule has 0 unspecified atom stereocenters. The second-order valence-electron chi connectivity index (χ2n) is 11.2. The molecule has 0 aliphatic heterocycles. The van der Waals surface area contributed by atoms with Crippen LogP contribution in [0.3, 0.4) is 0 Å². The first kappa shape index (κ1) is 37.9. The lowest BCUT2D eigenvalue weighted by molar-refractivity contribution is 0.399. The highest BCUT2D eigenvalue weighted by atomic mass is 35.5. The number of nitrogens with one attached hydrogen (secondary N) is 2. The molecule has 2 aliphatic rings. The molecule has 2 fully saturated rings. The second kappa shape index (κ2) is 15.5. The van der Waals surface area contributed by atoms with Crippen LogP contribution in [0.5, 0.6) is 34.5 Å². The number of nitrogens with two attached hydrogens (primary N) is 2. The number of sulfonamides is 2. The van der Waals surface area contributed by atoms with Crippen molar-refractivity contribution < 1.29 is 35.8 Å². The van der Waals surface area contributed by atoms with Gasteiger partial charge in [-0.1, -0.05) is 46.4 Å². The largest absolute Gasteiger partial charge is 0.495 e. The Balaban J connectivity index is 0.000000194. The van der Waals surface area contributed by atoms with Gasteiger partial charge in [-0.2, -0.15) is 0 Å². The van der Waals surface area contributed by atoms with Crippen molar-refractivity contribution in [2.45, 2.75) is 47.6 Å². The molecule has 18 heteroatoms. The first-order valence-electron chi connectivity index (χ1n) is 14.9. The van der Waals surface area contributed by atoms with Gasteiger partial charge in [-0.25, -0.2) is 26.3 Å². The Morgan fingerprint density at radius 2 is 0.900 bits per heavy atom. The number of benzene rings is 4. The Morgan fingerprint density at radius 1 is 0.580 bits per heavy atom. The van der Waals surface area contributed by atoms with Crippen LogP contribution in [0.2, 0.25) is 20.1 Å². The van der Waals surface area contributed by atoms with Gasteiger partial charge in [0, 0.05) is 35.6 Å². The van der Waals surface area contributed by atoms with Crippen molar-refractivity contribution in [3.63, 3.8) is 0 Å². The minimum Gasteiger partial charge on any atom is -0.495 e. The Kier molecular flexibility index (Phi) is 11.7. The van der Waals surface area contributed by atoms with Crippen molar-refractivity contribution in [2.75, 3.05) is 25.7 Å². The maximum atomic E-state index is 12.5. The number of hydrogen-bond acceptors (Lipinski definition) is 10. The Bertz CT molecular complexity index is 1930. The molecule has 268 valence electrons. The molecule has 6 rings (SSSR count). The van der Waals surface area contributed by atoms with Crippen molar-refractivity contribution in [3.05, 3.63) is 80.8 Å². The van der Waals surface area contributed by atoms with Crippen molar-refractivity contribution in [1.82, 2.24) is 9.44 Å². The molecule has 0 radical (unpaired) electrons. The smallest absolute Gasteiger partial charge is 0.244 e. The molecule has 4 aromatic rings. The zero-order chi connectivity index (χ0) is 36.4. The predicted molar refractivity (Wildman–Crippen MR) is 195 cm³/mol. The lowest BCUT2D eigenvalue weighted by Crippen LogP contribution is -2.26. The van der Waals surface area contributed by atoms with Crippen LogP contribution in [0.15, 0.2) is 70.5 Å². The molecule has 6 N–H and O–H groups in total. The molecular weight excluding hydrogens is 774 g/mol. The fourth-order valence-corrected chi connectivity index (χ4v) is 8.56. The first-order valence-corrected chi connectivity index (χ1v) is 19.3. The van der Waals surface area contributed by atoms with Crippen molar-refractivity contribution in [2.24, 2.45) is 0 Å². The van der Waals surface area contributed by atoms with Crippen LogP contribution >= 0.6 is 46.4 Å². The Morgan fingerprint density at radius 3 is 1.18 bits per heavy atom. The molecule has 0 spiro atoms. The van der Waals surface area contributed by atoms with Crippen molar-refractivity contribution in [3.8, 4) is 34.5 Å². The van der Waals surface area contributed by atoms with Gasteiger partial charge in [0.05, 0.1) is 34.3 Å². The molecule has 50 heavy (non-hydrogen) atoms. The molecule has 12 nitrogen and oxygen atoms in total. The van der Waals surface area contributed by atoms with Gasteiger partial charge in [-0.3, -0.25) is 0 Å². The number of rotatable bonds is 12. The fourth-order valence-electron chi connectivity index (χ4n) is 4.42. The quantitative estimate of drug-likeness (QED) is 0.104. The monoisotopic (exact) mass is 804 g/mol. The fraction of sp³-hybridized carbons (Fsp3) is 0.250. The van der Waals surface area contributed by atoms with Gasteiger partial charge in [0.25, 0.3) is 0 Å². The molecule has 0 aromatic heterocycles. The Labute approximate surface area is 309 Å². The topological polar surface area (TPSA) is 181 Å². The molecule has 0 heterocycles. The van der Waals surface area contributed by atoms with Crippen LogP contribution in [-0.2, 0) is 20.0 Å². The summed E-state index contributed by atoms with van der Waals surface area (Å²) in [4.78, 5) is -0.0239. The average Bonchev–Trinajstić information content (AvgIpc) is 3.99. The molecule has 0 amide bonds. The van der Waals surface area contributed by atoms with Gasteiger partial charge >= 0.3 is 0 Å². The molecule has 0 saturated heterocycles. The van der Waals surface area contributed by atoms with Gasteiger partial charge < -0.3 is 30.4 Å². The van der Waals surface area contributed by atoms with E-state index < -0.39 is 20.0 Å². The summed E-state index contributed by atoms with van der Waals surface area (Å²) < 4.78 is 77.0. The maximum absolute atomic E-state index is 12.5. The number of hydrogen-bond donors (Lipinski definition) is 4. The van der Waals surface area contributed by atoms with E-state index in [1.54, 1.807) is 12.1 Å². The van der Waals surface area contributed by atoms with Crippen LogP contribution in [0.25, 0.3) is 0 Å². The van der Waals surface area contributed by atoms with Crippen LogP contribution in [0.1, 0.15) is 25.7 Å². The molecule has 0 atom stereocenters. The standard InChI is InChI=1S/2C16H16Cl2N2O4S/c2*1-23-14-5-4-11(8-15(14)25(21,22)20-10-2-3-10)24-16-12(17)6-9(19)7-13(16)18/h2*4-8,10,20H,2-3,19H2,1H3. The third-order valence-electron chi connectivity index (χ3n) is 7.13. The summed E-state index contributed by atoms with van der Waals surface area (Å²) in [6.07, 6.45) is 3.31. The van der Waals surface area contributed by atoms with Crippen molar-refractivity contribution in [1.29, 1.82) is 0 Å². The van der Waals surface area contributed by atoms with Gasteiger partial charge in [0.2, 0.25) is 20.0 Å². The molecule has 0 bridgehead atoms. The summed E-state index contributed by atoms with van der Waals surface area (Å²) in [5, 5.41) is 0.894. The van der Waals surface area contributed by atoms with E-state index in [1.165, 1.54) is 62.8 Å². The van der Waals surface area contributed by atoms with E-state index in [4.69, 9.17) is 76.8 Å². The van der Waals surface area contributed by atoms with Crippen LogP contribution < -0.4 is 39.9 Å². The number of nitrogen functional groups attached to an aromatic ring is 2. The van der Waals surface area contributed by atoms with Gasteiger partial charge in [0.15, 0.2) is 11.5 Å². The zero-order valence-corrected chi connectivity index (χ0v) is 31.2. The highest BCUT2D eigenvalue weighted by molar-refractivity contribution is 7.90. The van der Waals surface area contributed by atoms with E-state index in [1.807, 2.05) is 0 Å². The zero-order valence-electron chi connectivity index (χ0n) is 26.5. The highest BCUT2D eigenvalue weighted by Crippen LogP contribution is 2.41. The summed E-state index contributed by atoms with van der Waals surface area (Å²) in [6, 6.07) is 14.8. The molecule has 2 aliphatic carbocycles. The maximum Gasteiger partial charge on any atom is 0.244 e. The summed E-state index contributed by atoms with van der Waals surface area (Å²) >= 11 is 24.4. The van der Waals surface area contributed by atoms with Gasteiger partial charge in [-0.05, 0) is 74.2 Å². The van der Waals surface area contributed by atoms with Crippen LogP contribution in [0, 0.1) is 0 Å². The highest BCUT2D eigenvalue weighted by Gasteiger charge is 2.31. The van der Waals surface area contributed by atoms with E-state index >= 15 is 0 Å². The lowest BCUT2D eigenvalue weighted by Gasteiger charge is -2.14. The molecular formula is C32H32Cl4N4O8S2. The number of halogens is 4. The minimum absolute atomic E-state index is 0.0120. The van der Waals surface area contributed by atoms with Crippen molar-refractivity contribution >= 4 is 77.8 Å². The van der Waals surface area contributed by atoms with Gasteiger partial charge in [-0.15, -0.1) is 0 Å². The third kappa shape index (κ3) is 9.50.